The molecule has 2 N–H and O–H groups in total. The Labute approximate surface area is 124 Å². The molecule has 7 heteroatoms. The van der Waals surface area contributed by atoms with Crippen molar-refractivity contribution in [2.45, 2.75) is 32.6 Å². The standard InChI is InChI=1S/C14H19NO5S/c1-9-4-5-10(2)12(6-9)7-21(19,20)8-13(14(17)18)15-11(3)16/h4-6,13H,7-8H2,1-3H3,(H,15,16)(H,17,18)/t13-/m0/s1. The molecule has 0 aromatic heterocycles. The minimum absolute atomic E-state index is 0.246. The van der Waals surface area contributed by atoms with E-state index in [1.165, 1.54) is 0 Å². The molecule has 1 aromatic carbocycles. The predicted octanol–water partition coefficient (Wildman–Crippen LogP) is 0.808. The summed E-state index contributed by atoms with van der Waals surface area (Å²) in [6.07, 6.45) is 0. The average Bonchev–Trinajstić information content (AvgIpc) is 2.31. The van der Waals surface area contributed by atoms with Crippen LogP contribution in [0.15, 0.2) is 18.2 Å². The molecule has 0 fully saturated rings. The Balaban J connectivity index is 2.92. The number of carbonyl (C=O) groups is 2. The van der Waals surface area contributed by atoms with Crippen LogP contribution in [0.2, 0.25) is 0 Å². The highest BCUT2D eigenvalue weighted by Gasteiger charge is 2.26. The molecule has 6 nitrogen and oxygen atoms in total. The van der Waals surface area contributed by atoms with E-state index in [2.05, 4.69) is 5.32 Å². The van der Waals surface area contributed by atoms with Crippen LogP contribution in [0.1, 0.15) is 23.6 Å². The molecule has 0 aliphatic rings. The van der Waals surface area contributed by atoms with Gasteiger partial charge in [0.25, 0.3) is 0 Å². The lowest BCUT2D eigenvalue weighted by atomic mass is 10.1. The van der Waals surface area contributed by atoms with E-state index >= 15 is 0 Å². The van der Waals surface area contributed by atoms with Crippen molar-refractivity contribution in [1.29, 1.82) is 0 Å². The molecule has 21 heavy (non-hydrogen) atoms. The molecule has 0 saturated carbocycles. The summed E-state index contributed by atoms with van der Waals surface area (Å²) in [4.78, 5) is 21.9. The first-order valence-corrected chi connectivity index (χ1v) is 8.19. The predicted molar refractivity (Wildman–Crippen MR) is 78.6 cm³/mol. The zero-order chi connectivity index (χ0) is 16.2. The Morgan fingerprint density at radius 2 is 1.90 bits per heavy atom. The molecule has 1 aromatic rings. The van der Waals surface area contributed by atoms with Gasteiger partial charge in [-0.3, -0.25) is 4.79 Å². The van der Waals surface area contributed by atoms with Gasteiger partial charge in [-0.15, -0.1) is 0 Å². The number of hydrogen-bond acceptors (Lipinski definition) is 4. The summed E-state index contributed by atoms with van der Waals surface area (Å²) in [5.74, 6) is -2.82. The number of amides is 1. The first-order valence-electron chi connectivity index (χ1n) is 6.37. The van der Waals surface area contributed by atoms with Gasteiger partial charge >= 0.3 is 5.97 Å². The molecule has 0 spiro atoms. The first-order chi connectivity index (χ1) is 9.60. The van der Waals surface area contributed by atoms with Crippen LogP contribution < -0.4 is 5.32 Å². The van der Waals surface area contributed by atoms with Crippen molar-refractivity contribution in [3.8, 4) is 0 Å². The van der Waals surface area contributed by atoms with Crippen LogP contribution in [0.5, 0.6) is 0 Å². The number of benzene rings is 1. The summed E-state index contributed by atoms with van der Waals surface area (Å²) < 4.78 is 24.3. The molecule has 1 amide bonds. The third-order valence-electron chi connectivity index (χ3n) is 2.98. The fourth-order valence-corrected chi connectivity index (χ4v) is 3.56. The fourth-order valence-electron chi connectivity index (χ4n) is 1.93. The number of aryl methyl sites for hydroxylation is 2. The summed E-state index contributed by atoms with van der Waals surface area (Å²) in [6.45, 7) is 4.80. The number of carboxylic acids is 1. The fraction of sp³-hybridized carbons (Fsp3) is 0.429. The normalized spacial score (nSPS) is 12.7. The van der Waals surface area contributed by atoms with Gasteiger partial charge in [-0.25, -0.2) is 13.2 Å². The molecule has 0 aliphatic carbocycles. The van der Waals surface area contributed by atoms with E-state index in [1.807, 2.05) is 19.1 Å². The summed E-state index contributed by atoms with van der Waals surface area (Å²) in [7, 11) is -3.66. The van der Waals surface area contributed by atoms with E-state index in [-0.39, 0.29) is 5.75 Å². The van der Waals surface area contributed by atoms with Gasteiger partial charge in [0.2, 0.25) is 5.91 Å². The van der Waals surface area contributed by atoms with E-state index in [4.69, 9.17) is 5.11 Å². The van der Waals surface area contributed by atoms with Gasteiger partial charge < -0.3 is 10.4 Å². The lowest BCUT2D eigenvalue weighted by molar-refractivity contribution is -0.140. The zero-order valence-corrected chi connectivity index (χ0v) is 13.0. The first kappa shape index (κ1) is 17.2. The van der Waals surface area contributed by atoms with Crippen LogP contribution in [-0.4, -0.2) is 37.2 Å². The van der Waals surface area contributed by atoms with E-state index in [0.29, 0.717) is 5.56 Å². The van der Waals surface area contributed by atoms with E-state index in [1.54, 1.807) is 13.0 Å². The monoisotopic (exact) mass is 313 g/mol. The van der Waals surface area contributed by atoms with Crippen LogP contribution in [0.25, 0.3) is 0 Å². The summed E-state index contributed by atoms with van der Waals surface area (Å²) >= 11 is 0. The summed E-state index contributed by atoms with van der Waals surface area (Å²) in [5, 5.41) is 11.1. The van der Waals surface area contributed by atoms with Gasteiger partial charge in [0, 0.05) is 6.92 Å². The molecule has 0 heterocycles. The van der Waals surface area contributed by atoms with Gasteiger partial charge in [-0.1, -0.05) is 23.8 Å². The van der Waals surface area contributed by atoms with Gasteiger partial charge in [0.15, 0.2) is 9.84 Å². The smallest absolute Gasteiger partial charge is 0.327 e. The maximum absolute atomic E-state index is 12.1. The molecular weight excluding hydrogens is 294 g/mol. The van der Waals surface area contributed by atoms with Crippen molar-refractivity contribution in [2.75, 3.05) is 5.75 Å². The highest BCUT2D eigenvalue weighted by molar-refractivity contribution is 7.90. The third-order valence-corrected chi connectivity index (χ3v) is 4.57. The Morgan fingerprint density at radius 1 is 1.29 bits per heavy atom. The highest BCUT2D eigenvalue weighted by Crippen LogP contribution is 2.15. The number of rotatable bonds is 6. The molecule has 1 atom stereocenters. The average molecular weight is 313 g/mol. The summed E-state index contributed by atoms with van der Waals surface area (Å²) in [6, 6.07) is 4.03. The van der Waals surface area contributed by atoms with Crippen LogP contribution in [-0.2, 0) is 25.2 Å². The molecule has 0 unspecified atom stereocenters. The van der Waals surface area contributed by atoms with Gasteiger partial charge in [-0.2, -0.15) is 0 Å². The van der Waals surface area contributed by atoms with Crippen LogP contribution in [0, 0.1) is 13.8 Å². The lowest BCUT2D eigenvalue weighted by Crippen LogP contribution is -2.44. The maximum Gasteiger partial charge on any atom is 0.327 e. The van der Waals surface area contributed by atoms with E-state index in [0.717, 1.165) is 18.1 Å². The minimum atomic E-state index is -3.66. The van der Waals surface area contributed by atoms with Crippen molar-refractivity contribution < 1.29 is 23.1 Å². The van der Waals surface area contributed by atoms with Crippen molar-refractivity contribution in [2.24, 2.45) is 0 Å². The van der Waals surface area contributed by atoms with E-state index in [9.17, 15) is 18.0 Å². The molecular formula is C14H19NO5S. The molecule has 0 bridgehead atoms. The number of carboxylic acid groups (broad SMARTS) is 1. The molecule has 1 rings (SSSR count). The van der Waals surface area contributed by atoms with Crippen molar-refractivity contribution in [1.82, 2.24) is 5.32 Å². The highest BCUT2D eigenvalue weighted by atomic mass is 32.2. The van der Waals surface area contributed by atoms with E-state index < -0.39 is 33.5 Å². The Bertz CT molecular complexity index is 651. The van der Waals surface area contributed by atoms with Gasteiger partial charge in [0.05, 0.1) is 11.5 Å². The molecule has 0 radical (unpaired) electrons. The zero-order valence-electron chi connectivity index (χ0n) is 12.2. The molecule has 0 saturated heterocycles. The summed E-state index contributed by atoms with van der Waals surface area (Å²) in [5.41, 5.74) is 2.40. The largest absolute Gasteiger partial charge is 0.480 e. The van der Waals surface area contributed by atoms with Crippen LogP contribution in [0.4, 0.5) is 0 Å². The second-order valence-electron chi connectivity index (χ2n) is 5.08. The van der Waals surface area contributed by atoms with Crippen molar-refractivity contribution >= 4 is 21.7 Å². The number of aliphatic carboxylic acids is 1. The SMILES string of the molecule is CC(=O)N[C@@H](CS(=O)(=O)Cc1cc(C)ccc1C)C(=O)O. The van der Waals surface area contributed by atoms with Crippen LogP contribution >= 0.6 is 0 Å². The second-order valence-corrected chi connectivity index (χ2v) is 7.19. The van der Waals surface area contributed by atoms with Gasteiger partial charge in [0.1, 0.15) is 6.04 Å². The third kappa shape index (κ3) is 5.55. The Hall–Kier alpha value is -1.89. The van der Waals surface area contributed by atoms with Crippen LogP contribution in [0.3, 0.4) is 0 Å². The number of hydrogen-bond donors (Lipinski definition) is 2. The Morgan fingerprint density at radius 3 is 2.43 bits per heavy atom. The maximum atomic E-state index is 12.1. The molecule has 0 aliphatic heterocycles. The van der Waals surface area contributed by atoms with Gasteiger partial charge in [-0.05, 0) is 25.0 Å². The molecule has 116 valence electrons. The lowest BCUT2D eigenvalue weighted by Gasteiger charge is -2.14. The number of carbonyl (C=O) groups excluding carboxylic acids is 1. The number of nitrogens with one attached hydrogen (secondary N) is 1. The topological polar surface area (TPSA) is 101 Å². The second kappa shape index (κ2) is 6.71. The Kier molecular flexibility index (Phi) is 5.48. The quantitative estimate of drug-likeness (QED) is 0.809. The van der Waals surface area contributed by atoms with Crippen molar-refractivity contribution in [3.63, 3.8) is 0 Å². The van der Waals surface area contributed by atoms with Crippen molar-refractivity contribution in [3.05, 3.63) is 34.9 Å². The number of sulfone groups is 1. The minimum Gasteiger partial charge on any atom is -0.480 e.